The Morgan fingerprint density at radius 3 is 2.39 bits per heavy atom. The van der Waals surface area contributed by atoms with E-state index in [1.807, 2.05) is 0 Å². The van der Waals surface area contributed by atoms with Gasteiger partial charge in [-0.3, -0.25) is 4.79 Å². The van der Waals surface area contributed by atoms with Gasteiger partial charge in [0.1, 0.15) is 5.75 Å². The van der Waals surface area contributed by atoms with E-state index < -0.39 is 10.0 Å². The molecule has 0 bridgehead atoms. The molecule has 2 aromatic rings. The highest BCUT2D eigenvalue weighted by Crippen LogP contribution is 2.25. The van der Waals surface area contributed by atoms with Crippen molar-refractivity contribution in [2.45, 2.75) is 30.7 Å². The quantitative estimate of drug-likeness (QED) is 0.705. The maximum absolute atomic E-state index is 12.7. The highest BCUT2D eigenvalue weighted by molar-refractivity contribution is 9.10. The zero-order valence-corrected chi connectivity index (χ0v) is 18.1. The number of methoxy groups -OCH3 is 1. The fourth-order valence-corrected chi connectivity index (χ4v) is 5.18. The van der Waals surface area contributed by atoms with Crippen LogP contribution in [0.1, 0.15) is 35.2 Å². The minimum atomic E-state index is -3.44. The van der Waals surface area contributed by atoms with E-state index >= 15 is 0 Å². The van der Waals surface area contributed by atoms with Crippen LogP contribution in [0, 0.1) is 0 Å². The first kappa shape index (κ1) is 20.8. The van der Waals surface area contributed by atoms with Gasteiger partial charge in [0.05, 0.1) is 16.5 Å². The number of nitrogens with one attached hydrogen (secondary N) is 1. The van der Waals surface area contributed by atoms with Crippen molar-refractivity contribution in [3.63, 3.8) is 0 Å². The van der Waals surface area contributed by atoms with Crippen LogP contribution in [0.4, 0.5) is 0 Å². The van der Waals surface area contributed by atoms with E-state index in [1.54, 1.807) is 53.9 Å². The number of hydrogen-bond donors (Lipinski definition) is 1. The number of piperidine rings is 1. The van der Waals surface area contributed by atoms with E-state index in [2.05, 4.69) is 21.2 Å². The molecule has 8 heteroatoms. The van der Waals surface area contributed by atoms with Gasteiger partial charge in [-0.2, -0.15) is 4.31 Å². The van der Waals surface area contributed by atoms with Crippen LogP contribution in [-0.4, -0.2) is 38.8 Å². The van der Waals surface area contributed by atoms with Gasteiger partial charge in [0.15, 0.2) is 0 Å². The van der Waals surface area contributed by atoms with Crippen molar-refractivity contribution >= 4 is 31.9 Å². The summed E-state index contributed by atoms with van der Waals surface area (Å²) in [6.45, 7) is 1.47. The molecule has 1 aliphatic heterocycles. The van der Waals surface area contributed by atoms with Crippen molar-refractivity contribution in [1.82, 2.24) is 9.62 Å². The second-order valence-corrected chi connectivity index (χ2v) is 9.43. The molecule has 150 valence electrons. The van der Waals surface area contributed by atoms with Crippen LogP contribution in [-0.2, 0) is 16.6 Å². The number of rotatable bonds is 6. The lowest BCUT2D eigenvalue weighted by Gasteiger charge is -2.25. The number of ether oxygens (including phenoxy) is 1. The first-order chi connectivity index (χ1) is 13.4. The van der Waals surface area contributed by atoms with Crippen LogP contribution in [0.5, 0.6) is 5.75 Å². The van der Waals surface area contributed by atoms with Gasteiger partial charge < -0.3 is 10.1 Å². The zero-order chi connectivity index (χ0) is 20.1. The Morgan fingerprint density at radius 1 is 1.11 bits per heavy atom. The molecular formula is C20H23BrN2O4S. The number of carbonyl (C=O) groups is 1. The van der Waals surface area contributed by atoms with E-state index in [-0.39, 0.29) is 5.91 Å². The number of halogens is 1. The Kier molecular flexibility index (Phi) is 6.74. The van der Waals surface area contributed by atoms with Crippen molar-refractivity contribution in [2.24, 2.45) is 0 Å². The molecular weight excluding hydrogens is 444 g/mol. The summed E-state index contributed by atoms with van der Waals surface area (Å²) >= 11 is 3.36. The summed E-state index contributed by atoms with van der Waals surface area (Å²) in [5, 5.41) is 2.84. The highest BCUT2D eigenvalue weighted by atomic mass is 79.9. The summed E-state index contributed by atoms with van der Waals surface area (Å²) < 4.78 is 32.8. The molecule has 1 heterocycles. The first-order valence-electron chi connectivity index (χ1n) is 9.12. The lowest BCUT2D eigenvalue weighted by molar-refractivity contribution is 0.0951. The van der Waals surface area contributed by atoms with Crippen molar-refractivity contribution in [3.05, 3.63) is 58.1 Å². The van der Waals surface area contributed by atoms with E-state index in [9.17, 15) is 13.2 Å². The third-order valence-electron chi connectivity index (χ3n) is 4.74. The lowest BCUT2D eigenvalue weighted by Crippen LogP contribution is -2.35. The number of sulfonamides is 1. The summed E-state index contributed by atoms with van der Waals surface area (Å²) in [7, 11) is -1.87. The minimum absolute atomic E-state index is 0.214. The SMILES string of the molecule is COc1ccc(C(=O)NCc2ccc(S(=O)(=O)N3CCCCC3)cc2)cc1Br. The molecule has 0 aliphatic carbocycles. The summed E-state index contributed by atoms with van der Waals surface area (Å²) in [6, 6.07) is 11.8. The molecule has 0 saturated carbocycles. The molecule has 1 aliphatic rings. The Balaban J connectivity index is 1.63. The van der Waals surface area contributed by atoms with Crippen LogP contribution in [0.25, 0.3) is 0 Å². The second-order valence-electron chi connectivity index (χ2n) is 6.64. The maximum Gasteiger partial charge on any atom is 0.251 e. The molecule has 3 rings (SSSR count). The molecule has 1 N–H and O–H groups in total. The first-order valence-corrected chi connectivity index (χ1v) is 11.4. The normalized spacial score (nSPS) is 15.2. The van der Waals surface area contributed by atoms with Gasteiger partial charge in [-0.15, -0.1) is 0 Å². The van der Waals surface area contributed by atoms with Gasteiger partial charge in [-0.05, 0) is 64.7 Å². The molecule has 6 nitrogen and oxygen atoms in total. The number of nitrogens with zero attached hydrogens (tertiary/aromatic N) is 1. The number of benzene rings is 2. The largest absolute Gasteiger partial charge is 0.496 e. The molecule has 0 unspecified atom stereocenters. The molecule has 0 radical (unpaired) electrons. The molecule has 28 heavy (non-hydrogen) atoms. The average Bonchev–Trinajstić information content (AvgIpc) is 2.73. The van der Waals surface area contributed by atoms with Gasteiger partial charge in [0, 0.05) is 25.2 Å². The average molecular weight is 467 g/mol. The second kappa shape index (κ2) is 9.07. The maximum atomic E-state index is 12.7. The number of amides is 1. The Hall–Kier alpha value is -1.90. The smallest absolute Gasteiger partial charge is 0.251 e. The number of hydrogen-bond acceptors (Lipinski definition) is 4. The fourth-order valence-electron chi connectivity index (χ4n) is 3.13. The molecule has 0 aromatic heterocycles. The Morgan fingerprint density at radius 2 is 1.79 bits per heavy atom. The standard InChI is InChI=1S/C20H23BrN2O4S/c1-27-19-10-7-16(13-18(19)21)20(24)22-14-15-5-8-17(9-6-15)28(25,26)23-11-3-2-4-12-23/h5-10,13H,2-4,11-12,14H2,1H3,(H,22,24). The predicted molar refractivity (Wildman–Crippen MR) is 111 cm³/mol. The van der Waals surface area contributed by atoms with Gasteiger partial charge >= 0.3 is 0 Å². The molecule has 0 spiro atoms. The van der Waals surface area contributed by atoms with Crippen LogP contribution < -0.4 is 10.1 Å². The van der Waals surface area contributed by atoms with Crippen molar-refractivity contribution in [1.29, 1.82) is 0 Å². The van der Waals surface area contributed by atoms with Crippen LogP contribution >= 0.6 is 15.9 Å². The van der Waals surface area contributed by atoms with Gasteiger partial charge in [0.25, 0.3) is 5.91 Å². The van der Waals surface area contributed by atoms with Crippen LogP contribution in [0.2, 0.25) is 0 Å². The molecule has 1 amide bonds. The third kappa shape index (κ3) is 4.74. The van der Waals surface area contributed by atoms with Crippen molar-refractivity contribution in [2.75, 3.05) is 20.2 Å². The molecule has 0 atom stereocenters. The topological polar surface area (TPSA) is 75.7 Å². The fraction of sp³-hybridized carbons (Fsp3) is 0.350. The summed E-state index contributed by atoms with van der Waals surface area (Å²) in [4.78, 5) is 12.6. The summed E-state index contributed by atoms with van der Waals surface area (Å²) in [6.07, 6.45) is 2.89. The van der Waals surface area contributed by atoms with E-state index in [0.29, 0.717) is 40.3 Å². The Labute approximate surface area is 174 Å². The number of carbonyl (C=O) groups excluding carboxylic acids is 1. The third-order valence-corrected chi connectivity index (χ3v) is 7.28. The minimum Gasteiger partial charge on any atom is -0.496 e. The molecule has 2 aromatic carbocycles. The van der Waals surface area contributed by atoms with Gasteiger partial charge in [0.2, 0.25) is 10.0 Å². The van der Waals surface area contributed by atoms with E-state index in [4.69, 9.17) is 4.74 Å². The van der Waals surface area contributed by atoms with E-state index in [1.165, 1.54) is 0 Å². The molecule has 1 fully saturated rings. The van der Waals surface area contributed by atoms with Crippen LogP contribution in [0.15, 0.2) is 51.8 Å². The monoisotopic (exact) mass is 466 g/mol. The lowest BCUT2D eigenvalue weighted by atomic mass is 10.2. The Bertz CT molecular complexity index is 939. The predicted octanol–water partition coefficient (Wildman–Crippen LogP) is 3.56. The summed E-state index contributed by atoms with van der Waals surface area (Å²) in [5.74, 6) is 0.440. The van der Waals surface area contributed by atoms with Crippen molar-refractivity contribution < 1.29 is 17.9 Å². The highest BCUT2D eigenvalue weighted by Gasteiger charge is 2.25. The van der Waals surface area contributed by atoms with Crippen LogP contribution in [0.3, 0.4) is 0 Å². The van der Waals surface area contributed by atoms with Gasteiger partial charge in [-0.25, -0.2) is 8.42 Å². The zero-order valence-electron chi connectivity index (χ0n) is 15.7. The van der Waals surface area contributed by atoms with Crippen molar-refractivity contribution in [3.8, 4) is 5.75 Å². The van der Waals surface area contributed by atoms with E-state index in [0.717, 1.165) is 24.8 Å². The van der Waals surface area contributed by atoms with Gasteiger partial charge in [-0.1, -0.05) is 18.6 Å². The molecule has 1 saturated heterocycles. The summed E-state index contributed by atoms with van der Waals surface area (Å²) in [5.41, 5.74) is 1.34.